The topological polar surface area (TPSA) is 52.6 Å². The van der Waals surface area contributed by atoms with Gasteiger partial charge in [0.05, 0.1) is 12.7 Å². The smallest absolute Gasteiger partial charge is 0.265 e. The molecule has 0 bridgehead atoms. The highest BCUT2D eigenvalue weighted by molar-refractivity contribution is 8.13. The molecule has 0 aromatic heterocycles. The standard InChI is InChI=1S/C12H14ClFO4S/c13-19(15,16)12-8-9(14)3-4-11(12)18-7-5-10-2-1-6-17-10/h3-4,8,10H,1-2,5-7H2. The van der Waals surface area contributed by atoms with Gasteiger partial charge in [-0.2, -0.15) is 0 Å². The van der Waals surface area contributed by atoms with Gasteiger partial charge in [-0.25, -0.2) is 12.8 Å². The van der Waals surface area contributed by atoms with Crippen molar-refractivity contribution in [3.05, 3.63) is 24.0 Å². The number of ether oxygens (including phenoxy) is 2. The summed E-state index contributed by atoms with van der Waals surface area (Å²) < 4.78 is 46.5. The van der Waals surface area contributed by atoms with Crippen molar-refractivity contribution in [1.82, 2.24) is 0 Å². The van der Waals surface area contributed by atoms with E-state index in [1.54, 1.807) is 0 Å². The van der Waals surface area contributed by atoms with Gasteiger partial charge in [0.15, 0.2) is 0 Å². The van der Waals surface area contributed by atoms with Crippen LogP contribution in [0.15, 0.2) is 23.1 Å². The predicted octanol–water partition coefficient (Wildman–Crippen LogP) is 2.70. The molecule has 1 aliphatic rings. The first-order chi connectivity index (χ1) is 8.97. The van der Waals surface area contributed by atoms with Crippen LogP contribution >= 0.6 is 10.7 Å². The summed E-state index contributed by atoms with van der Waals surface area (Å²) in [4.78, 5) is -0.346. The summed E-state index contributed by atoms with van der Waals surface area (Å²) in [6.45, 7) is 1.05. The fourth-order valence-corrected chi connectivity index (χ4v) is 2.95. The molecule has 0 saturated carbocycles. The Hall–Kier alpha value is -0.850. The first-order valence-electron chi connectivity index (χ1n) is 5.95. The van der Waals surface area contributed by atoms with Gasteiger partial charge in [-0.3, -0.25) is 0 Å². The molecular weight excluding hydrogens is 295 g/mol. The van der Waals surface area contributed by atoms with Gasteiger partial charge < -0.3 is 9.47 Å². The first kappa shape index (κ1) is 14.6. The summed E-state index contributed by atoms with van der Waals surface area (Å²) in [5, 5.41) is 0. The van der Waals surface area contributed by atoms with E-state index in [1.165, 1.54) is 6.07 Å². The van der Waals surface area contributed by atoms with Crippen molar-refractivity contribution < 1.29 is 22.3 Å². The third-order valence-electron chi connectivity index (χ3n) is 2.89. The first-order valence-corrected chi connectivity index (χ1v) is 8.26. The number of benzene rings is 1. The lowest BCUT2D eigenvalue weighted by Crippen LogP contribution is -2.11. The zero-order chi connectivity index (χ0) is 13.9. The van der Waals surface area contributed by atoms with E-state index in [2.05, 4.69) is 0 Å². The van der Waals surface area contributed by atoms with Crippen molar-refractivity contribution in [2.75, 3.05) is 13.2 Å². The highest BCUT2D eigenvalue weighted by atomic mass is 35.7. The molecule has 1 aromatic carbocycles. The van der Waals surface area contributed by atoms with Gasteiger partial charge >= 0.3 is 0 Å². The van der Waals surface area contributed by atoms with Gasteiger partial charge in [0.1, 0.15) is 16.5 Å². The Morgan fingerprint density at radius 3 is 2.89 bits per heavy atom. The maximum absolute atomic E-state index is 13.0. The van der Waals surface area contributed by atoms with Crippen LogP contribution in [0.4, 0.5) is 4.39 Å². The number of halogens is 2. The second-order valence-electron chi connectivity index (χ2n) is 4.30. The summed E-state index contributed by atoms with van der Waals surface area (Å²) in [6, 6.07) is 3.25. The van der Waals surface area contributed by atoms with Crippen LogP contribution in [-0.2, 0) is 13.8 Å². The highest BCUT2D eigenvalue weighted by Gasteiger charge is 2.19. The lowest BCUT2D eigenvalue weighted by atomic mass is 10.2. The van der Waals surface area contributed by atoms with E-state index >= 15 is 0 Å². The lowest BCUT2D eigenvalue weighted by molar-refractivity contribution is 0.0899. The van der Waals surface area contributed by atoms with Crippen LogP contribution in [0, 0.1) is 5.82 Å². The SMILES string of the molecule is O=S(=O)(Cl)c1cc(F)ccc1OCCC1CCCO1. The molecule has 0 spiro atoms. The second-order valence-corrected chi connectivity index (χ2v) is 6.84. The molecule has 1 unspecified atom stereocenters. The van der Waals surface area contributed by atoms with Crippen LogP contribution in [0.2, 0.25) is 0 Å². The van der Waals surface area contributed by atoms with E-state index in [1.807, 2.05) is 0 Å². The predicted molar refractivity (Wildman–Crippen MR) is 68.5 cm³/mol. The molecule has 0 N–H and O–H groups in total. The zero-order valence-corrected chi connectivity index (χ0v) is 11.7. The third-order valence-corrected chi connectivity index (χ3v) is 4.23. The Bertz CT molecular complexity index is 541. The van der Waals surface area contributed by atoms with E-state index in [9.17, 15) is 12.8 Å². The summed E-state index contributed by atoms with van der Waals surface area (Å²) in [5.74, 6) is -0.611. The van der Waals surface area contributed by atoms with Crippen LogP contribution in [-0.4, -0.2) is 27.7 Å². The van der Waals surface area contributed by atoms with E-state index in [0.717, 1.165) is 31.6 Å². The van der Waals surface area contributed by atoms with Gasteiger partial charge in [-0.1, -0.05) is 0 Å². The molecule has 4 nitrogen and oxygen atoms in total. The zero-order valence-electron chi connectivity index (χ0n) is 10.1. The maximum atomic E-state index is 13.0. The Kier molecular flexibility index (Phi) is 4.65. The quantitative estimate of drug-likeness (QED) is 0.785. The van der Waals surface area contributed by atoms with Crippen molar-refractivity contribution in [2.24, 2.45) is 0 Å². The molecule has 0 amide bonds. The molecule has 1 aliphatic heterocycles. The molecule has 1 saturated heterocycles. The van der Waals surface area contributed by atoms with Gasteiger partial charge in [0, 0.05) is 23.7 Å². The molecule has 0 radical (unpaired) electrons. The number of hydrogen-bond donors (Lipinski definition) is 0. The van der Waals surface area contributed by atoms with Crippen LogP contribution in [0.25, 0.3) is 0 Å². The average Bonchev–Trinajstić information content (AvgIpc) is 2.83. The van der Waals surface area contributed by atoms with Crippen molar-refractivity contribution in [2.45, 2.75) is 30.3 Å². The van der Waals surface area contributed by atoms with Gasteiger partial charge in [0.25, 0.3) is 9.05 Å². The van der Waals surface area contributed by atoms with E-state index < -0.39 is 14.9 Å². The normalized spacial score (nSPS) is 19.6. The Labute approximate surface area is 115 Å². The Morgan fingerprint density at radius 2 is 2.26 bits per heavy atom. The van der Waals surface area contributed by atoms with Gasteiger partial charge in [-0.05, 0) is 31.0 Å². The lowest BCUT2D eigenvalue weighted by Gasteiger charge is -2.12. The molecule has 0 aliphatic carbocycles. The number of hydrogen-bond acceptors (Lipinski definition) is 4. The van der Waals surface area contributed by atoms with E-state index in [0.29, 0.717) is 13.0 Å². The Morgan fingerprint density at radius 1 is 1.47 bits per heavy atom. The fourth-order valence-electron chi connectivity index (χ4n) is 1.96. The largest absolute Gasteiger partial charge is 0.492 e. The fraction of sp³-hybridized carbons (Fsp3) is 0.500. The summed E-state index contributed by atoms with van der Waals surface area (Å²) in [5.41, 5.74) is 0. The molecule has 1 atom stereocenters. The van der Waals surface area contributed by atoms with E-state index in [4.69, 9.17) is 20.2 Å². The van der Waals surface area contributed by atoms with Crippen molar-refractivity contribution in [3.8, 4) is 5.75 Å². The maximum Gasteiger partial charge on any atom is 0.265 e. The van der Waals surface area contributed by atoms with Crippen molar-refractivity contribution in [1.29, 1.82) is 0 Å². The molecular formula is C12H14ClFO4S. The minimum atomic E-state index is -4.03. The van der Waals surface area contributed by atoms with Crippen LogP contribution < -0.4 is 4.74 Å². The molecule has 1 fully saturated rings. The molecule has 1 aromatic rings. The summed E-state index contributed by atoms with van der Waals surface area (Å²) in [7, 11) is 1.21. The van der Waals surface area contributed by atoms with E-state index in [-0.39, 0.29) is 16.7 Å². The minimum Gasteiger partial charge on any atom is -0.492 e. The summed E-state index contributed by atoms with van der Waals surface area (Å²) in [6.07, 6.45) is 2.83. The molecule has 106 valence electrons. The highest BCUT2D eigenvalue weighted by Crippen LogP contribution is 2.28. The van der Waals surface area contributed by atoms with Crippen molar-refractivity contribution in [3.63, 3.8) is 0 Å². The van der Waals surface area contributed by atoms with Gasteiger partial charge in [-0.15, -0.1) is 0 Å². The second kappa shape index (κ2) is 6.07. The molecule has 1 heterocycles. The average molecular weight is 309 g/mol. The molecule has 2 rings (SSSR count). The van der Waals surface area contributed by atoms with Crippen LogP contribution in [0.1, 0.15) is 19.3 Å². The Balaban J connectivity index is 2.03. The molecule has 19 heavy (non-hydrogen) atoms. The third kappa shape index (κ3) is 4.06. The van der Waals surface area contributed by atoms with Gasteiger partial charge in [0.2, 0.25) is 0 Å². The minimum absolute atomic E-state index is 0.0643. The number of rotatable bonds is 5. The van der Waals surface area contributed by atoms with Crippen LogP contribution in [0.3, 0.4) is 0 Å². The monoisotopic (exact) mass is 308 g/mol. The molecule has 7 heteroatoms. The van der Waals surface area contributed by atoms with Crippen LogP contribution in [0.5, 0.6) is 5.75 Å². The summed E-state index contributed by atoms with van der Waals surface area (Å²) >= 11 is 0. The van der Waals surface area contributed by atoms with Crippen molar-refractivity contribution >= 4 is 19.7 Å².